The van der Waals surface area contributed by atoms with E-state index in [9.17, 15) is 9.59 Å². The zero-order valence-corrected chi connectivity index (χ0v) is 11.9. The largest absolute Gasteiger partial charge is 0.348 e. The van der Waals surface area contributed by atoms with E-state index in [1.807, 2.05) is 36.0 Å². The van der Waals surface area contributed by atoms with Gasteiger partial charge in [-0.25, -0.2) is 4.79 Å². The van der Waals surface area contributed by atoms with Crippen LogP contribution in [0.4, 0.5) is 10.5 Å². The van der Waals surface area contributed by atoms with Crippen LogP contribution in [0.15, 0.2) is 28.9 Å². The standard InChI is InChI=1S/C13H12BrN3O2/c1-16-7-9(14)8-3-2-4-10(12(8)16)17-6-5-11(18)15-13(17)19/h2-4,7H,5-6H2,1H3,(H,15,18,19). The Labute approximate surface area is 118 Å². The lowest BCUT2D eigenvalue weighted by Crippen LogP contribution is -2.49. The maximum absolute atomic E-state index is 11.9. The van der Waals surface area contributed by atoms with E-state index in [4.69, 9.17) is 0 Å². The molecule has 3 rings (SSSR count). The molecule has 1 fully saturated rings. The molecule has 0 unspecified atom stereocenters. The lowest BCUT2D eigenvalue weighted by atomic mass is 10.2. The highest BCUT2D eigenvalue weighted by molar-refractivity contribution is 9.10. The van der Waals surface area contributed by atoms with Crippen molar-refractivity contribution in [1.82, 2.24) is 9.88 Å². The molecule has 0 atom stereocenters. The monoisotopic (exact) mass is 321 g/mol. The first-order valence-electron chi connectivity index (χ1n) is 5.93. The Bertz CT molecular complexity index is 692. The predicted octanol–water partition coefficient (Wildman–Crippen LogP) is 2.39. The van der Waals surface area contributed by atoms with Crippen molar-refractivity contribution in [3.63, 3.8) is 0 Å². The minimum atomic E-state index is -0.360. The summed E-state index contributed by atoms with van der Waals surface area (Å²) in [5, 5.41) is 3.39. The molecule has 98 valence electrons. The van der Waals surface area contributed by atoms with Crippen LogP contribution < -0.4 is 10.2 Å². The van der Waals surface area contributed by atoms with Crippen LogP contribution >= 0.6 is 15.9 Å². The molecule has 6 heteroatoms. The summed E-state index contributed by atoms with van der Waals surface area (Å²) in [6, 6.07) is 5.44. The highest BCUT2D eigenvalue weighted by Gasteiger charge is 2.26. The van der Waals surface area contributed by atoms with Crippen molar-refractivity contribution >= 4 is 44.5 Å². The molecular formula is C13H12BrN3O2. The zero-order valence-electron chi connectivity index (χ0n) is 10.3. The number of anilines is 1. The van der Waals surface area contributed by atoms with Crippen LogP contribution in [-0.4, -0.2) is 23.1 Å². The number of nitrogens with one attached hydrogen (secondary N) is 1. The van der Waals surface area contributed by atoms with Crippen molar-refractivity contribution in [2.75, 3.05) is 11.4 Å². The summed E-state index contributed by atoms with van der Waals surface area (Å²) in [6.07, 6.45) is 2.29. The van der Waals surface area contributed by atoms with Crippen molar-refractivity contribution < 1.29 is 9.59 Å². The maximum atomic E-state index is 11.9. The number of para-hydroxylation sites is 1. The van der Waals surface area contributed by atoms with Gasteiger partial charge in [0.1, 0.15) is 0 Å². The number of aryl methyl sites for hydroxylation is 1. The number of carbonyl (C=O) groups is 2. The number of hydrogen-bond acceptors (Lipinski definition) is 2. The fourth-order valence-electron chi connectivity index (χ4n) is 2.41. The summed E-state index contributed by atoms with van der Waals surface area (Å²) in [5.74, 6) is -0.221. The van der Waals surface area contributed by atoms with Crippen LogP contribution in [0.25, 0.3) is 10.9 Å². The van der Waals surface area contributed by atoms with Crippen LogP contribution in [0, 0.1) is 0 Å². The van der Waals surface area contributed by atoms with Gasteiger partial charge in [-0.1, -0.05) is 12.1 Å². The molecule has 2 aromatic rings. The molecule has 1 aliphatic heterocycles. The molecule has 1 aromatic carbocycles. The Morgan fingerprint density at radius 1 is 1.32 bits per heavy atom. The number of rotatable bonds is 1. The molecule has 2 heterocycles. The van der Waals surface area contributed by atoms with Crippen LogP contribution in [-0.2, 0) is 11.8 Å². The first-order valence-corrected chi connectivity index (χ1v) is 6.72. The summed E-state index contributed by atoms with van der Waals surface area (Å²) >= 11 is 3.51. The van der Waals surface area contributed by atoms with Gasteiger partial charge in [0.25, 0.3) is 0 Å². The average Bonchev–Trinajstić information content (AvgIpc) is 2.65. The molecule has 1 aromatic heterocycles. The molecule has 0 bridgehead atoms. The third kappa shape index (κ3) is 1.92. The second kappa shape index (κ2) is 4.38. The van der Waals surface area contributed by atoms with E-state index >= 15 is 0 Å². The molecular weight excluding hydrogens is 310 g/mol. The molecule has 5 nitrogen and oxygen atoms in total. The quantitative estimate of drug-likeness (QED) is 0.876. The molecule has 1 saturated heterocycles. The molecule has 0 radical (unpaired) electrons. The number of nitrogens with zero attached hydrogens (tertiary/aromatic N) is 2. The van der Waals surface area contributed by atoms with Crippen molar-refractivity contribution in [2.45, 2.75) is 6.42 Å². The molecule has 1 N–H and O–H groups in total. The molecule has 0 spiro atoms. The lowest BCUT2D eigenvalue weighted by molar-refractivity contribution is -0.120. The van der Waals surface area contributed by atoms with E-state index in [0.29, 0.717) is 13.0 Å². The van der Waals surface area contributed by atoms with E-state index in [1.165, 1.54) is 0 Å². The second-order valence-electron chi connectivity index (χ2n) is 4.52. The fraction of sp³-hybridized carbons (Fsp3) is 0.231. The third-order valence-corrected chi connectivity index (χ3v) is 3.91. The molecule has 3 amide bonds. The number of hydrogen-bond donors (Lipinski definition) is 1. The highest BCUT2D eigenvalue weighted by Crippen LogP contribution is 2.33. The van der Waals surface area contributed by atoms with Gasteiger partial charge in [-0.3, -0.25) is 15.0 Å². The number of carbonyl (C=O) groups excluding carboxylic acids is 2. The fourth-order valence-corrected chi connectivity index (χ4v) is 3.04. The average molecular weight is 322 g/mol. The highest BCUT2D eigenvalue weighted by atomic mass is 79.9. The van der Waals surface area contributed by atoms with Gasteiger partial charge in [-0.15, -0.1) is 0 Å². The van der Waals surface area contributed by atoms with E-state index in [0.717, 1.165) is 21.1 Å². The Morgan fingerprint density at radius 3 is 2.84 bits per heavy atom. The van der Waals surface area contributed by atoms with E-state index < -0.39 is 0 Å². The van der Waals surface area contributed by atoms with Crippen molar-refractivity contribution in [1.29, 1.82) is 0 Å². The van der Waals surface area contributed by atoms with Crippen molar-refractivity contribution in [3.8, 4) is 0 Å². The number of amides is 3. The summed E-state index contributed by atoms with van der Waals surface area (Å²) in [7, 11) is 1.93. The zero-order chi connectivity index (χ0) is 13.6. The SMILES string of the molecule is Cn1cc(Br)c2cccc(N3CCC(=O)NC3=O)c21. The van der Waals surface area contributed by atoms with E-state index in [-0.39, 0.29) is 11.9 Å². The van der Waals surface area contributed by atoms with Gasteiger partial charge >= 0.3 is 6.03 Å². The van der Waals surface area contributed by atoms with Gasteiger partial charge in [0.2, 0.25) is 5.91 Å². The van der Waals surface area contributed by atoms with Gasteiger partial charge in [0, 0.05) is 36.1 Å². The van der Waals surface area contributed by atoms with E-state index in [1.54, 1.807) is 4.90 Å². The third-order valence-electron chi connectivity index (χ3n) is 3.28. The van der Waals surface area contributed by atoms with E-state index in [2.05, 4.69) is 21.2 Å². The van der Waals surface area contributed by atoms with Gasteiger partial charge in [0.15, 0.2) is 0 Å². The summed E-state index contributed by atoms with van der Waals surface area (Å²) < 4.78 is 2.96. The minimum Gasteiger partial charge on any atom is -0.348 e. The van der Waals surface area contributed by atoms with Gasteiger partial charge in [-0.2, -0.15) is 0 Å². The smallest absolute Gasteiger partial charge is 0.328 e. The van der Waals surface area contributed by atoms with Crippen LogP contribution in [0.2, 0.25) is 0 Å². The second-order valence-corrected chi connectivity index (χ2v) is 5.37. The van der Waals surface area contributed by atoms with Gasteiger partial charge in [-0.05, 0) is 22.0 Å². The molecule has 19 heavy (non-hydrogen) atoms. The number of imide groups is 1. The number of benzene rings is 1. The summed E-state index contributed by atoms with van der Waals surface area (Å²) in [6.45, 7) is 0.409. The number of urea groups is 1. The predicted molar refractivity (Wildman–Crippen MR) is 76.1 cm³/mol. The first-order chi connectivity index (χ1) is 9.08. The first kappa shape index (κ1) is 12.2. The molecule has 0 saturated carbocycles. The topological polar surface area (TPSA) is 54.3 Å². The van der Waals surface area contributed by atoms with Crippen molar-refractivity contribution in [2.24, 2.45) is 7.05 Å². The molecule has 1 aliphatic rings. The number of fused-ring (bicyclic) bond motifs is 1. The summed E-state index contributed by atoms with van der Waals surface area (Å²) in [4.78, 5) is 24.8. The normalized spacial score (nSPS) is 16.0. The van der Waals surface area contributed by atoms with Gasteiger partial charge < -0.3 is 4.57 Å². The van der Waals surface area contributed by atoms with Crippen molar-refractivity contribution in [3.05, 3.63) is 28.9 Å². The Balaban J connectivity index is 2.15. The summed E-state index contributed by atoms with van der Waals surface area (Å²) in [5.41, 5.74) is 1.79. The maximum Gasteiger partial charge on any atom is 0.328 e. The van der Waals surface area contributed by atoms with Crippen LogP contribution in [0.3, 0.4) is 0 Å². The Morgan fingerprint density at radius 2 is 2.11 bits per heavy atom. The minimum absolute atomic E-state index is 0.221. The lowest BCUT2D eigenvalue weighted by Gasteiger charge is -2.27. The van der Waals surface area contributed by atoms with Crippen LogP contribution in [0.1, 0.15) is 6.42 Å². The van der Waals surface area contributed by atoms with Crippen LogP contribution in [0.5, 0.6) is 0 Å². The Hall–Kier alpha value is -1.82. The number of halogens is 1. The molecule has 0 aliphatic carbocycles. The Kier molecular flexibility index (Phi) is 2.82. The van der Waals surface area contributed by atoms with Gasteiger partial charge in [0.05, 0.1) is 11.2 Å². The number of aromatic nitrogens is 1.